The van der Waals surface area contributed by atoms with E-state index in [2.05, 4.69) is 25.3 Å². The summed E-state index contributed by atoms with van der Waals surface area (Å²) in [4.78, 5) is 16.5. The lowest BCUT2D eigenvalue weighted by atomic mass is 9.93. The molecule has 1 aliphatic rings. The SMILES string of the molecule is CC(C)(CNc1nc(C(N)=CC(=NCc2ccccc2F)C2=NCC=C2)ncc1F)C(F)(F)F. The number of rotatable bonds is 8. The third-order valence-electron chi connectivity index (χ3n) is 5.04. The van der Waals surface area contributed by atoms with Crippen molar-refractivity contribution in [1.82, 2.24) is 9.97 Å². The average molecular weight is 478 g/mol. The zero-order valence-electron chi connectivity index (χ0n) is 18.5. The normalized spacial score (nSPS) is 15.0. The first-order valence-corrected chi connectivity index (χ1v) is 10.3. The summed E-state index contributed by atoms with van der Waals surface area (Å²) >= 11 is 0. The Bertz CT molecular complexity index is 1160. The number of aromatic nitrogens is 2. The van der Waals surface area contributed by atoms with Crippen LogP contribution < -0.4 is 11.1 Å². The molecule has 0 atom stereocenters. The average Bonchev–Trinajstić information content (AvgIpc) is 3.31. The highest BCUT2D eigenvalue weighted by Crippen LogP contribution is 2.37. The molecule has 2 aromatic rings. The quantitative estimate of drug-likeness (QED) is 0.425. The summed E-state index contributed by atoms with van der Waals surface area (Å²) < 4.78 is 67.4. The number of nitrogens with two attached hydrogens (primary N) is 1. The number of nitrogens with zero attached hydrogens (tertiary/aromatic N) is 4. The molecule has 0 aliphatic carbocycles. The van der Waals surface area contributed by atoms with Gasteiger partial charge in [0.2, 0.25) is 0 Å². The molecular weight excluding hydrogens is 455 g/mol. The van der Waals surface area contributed by atoms with Gasteiger partial charge in [-0.15, -0.1) is 0 Å². The van der Waals surface area contributed by atoms with E-state index in [1.54, 1.807) is 30.4 Å². The Balaban J connectivity index is 1.87. The first kappa shape index (κ1) is 25.0. The molecule has 34 heavy (non-hydrogen) atoms. The fraction of sp³-hybridized carbons (Fsp3) is 0.304. The predicted octanol–water partition coefficient (Wildman–Crippen LogP) is 4.71. The summed E-state index contributed by atoms with van der Waals surface area (Å²) in [5.41, 5.74) is 5.17. The molecule has 180 valence electrons. The number of alkyl halides is 3. The van der Waals surface area contributed by atoms with Crippen LogP contribution in [-0.2, 0) is 6.54 Å². The second kappa shape index (κ2) is 10.1. The monoisotopic (exact) mass is 478 g/mol. The van der Waals surface area contributed by atoms with Crippen LogP contribution in [0.5, 0.6) is 0 Å². The van der Waals surface area contributed by atoms with Gasteiger partial charge in [-0.2, -0.15) is 13.2 Å². The summed E-state index contributed by atoms with van der Waals surface area (Å²) in [6, 6.07) is 6.17. The molecule has 3 N–H and O–H groups in total. The van der Waals surface area contributed by atoms with Gasteiger partial charge in [0.1, 0.15) is 5.82 Å². The fourth-order valence-electron chi connectivity index (χ4n) is 2.78. The van der Waals surface area contributed by atoms with Gasteiger partial charge in [-0.1, -0.05) is 24.3 Å². The van der Waals surface area contributed by atoms with E-state index < -0.39 is 35.6 Å². The number of halogens is 5. The molecule has 0 spiro atoms. The molecule has 1 aromatic heterocycles. The van der Waals surface area contributed by atoms with Crippen LogP contribution in [0, 0.1) is 17.0 Å². The van der Waals surface area contributed by atoms with Crippen molar-refractivity contribution >= 4 is 22.9 Å². The standard InChI is InChI=1S/C23H23F5N6/c1-22(2,23(26,27)28)13-33-20-16(25)12-32-21(34-20)17(29)10-19(18-8-5-9-30-18)31-11-14-6-3-4-7-15(14)24/h3-8,10,12H,9,11,13,29H2,1-2H3,(H,32,33,34). The zero-order valence-corrected chi connectivity index (χ0v) is 18.5. The summed E-state index contributed by atoms with van der Waals surface area (Å²) in [7, 11) is 0. The molecule has 0 fully saturated rings. The van der Waals surface area contributed by atoms with E-state index in [9.17, 15) is 22.0 Å². The van der Waals surface area contributed by atoms with Gasteiger partial charge in [0.05, 0.1) is 41.8 Å². The Hall–Kier alpha value is -3.63. The number of allylic oxidation sites excluding steroid dienone is 2. The second-order valence-corrected chi connectivity index (χ2v) is 8.15. The van der Waals surface area contributed by atoms with Crippen molar-refractivity contribution in [2.24, 2.45) is 21.1 Å². The van der Waals surface area contributed by atoms with Crippen molar-refractivity contribution in [2.45, 2.75) is 26.6 Å². The Morgan fingerprint density at radius 2 is 1.91 bits per heavy atom. The molecular formula is C23H23F5N6. The number of benzene rings is 1. The molecule has 0 saturated heterocycles. The molecule has 0 saturated carbocycles. The number of aliphatic imine (C=N–C) groups is 2. The molecule has 11 heteroatoms. The maximum absolute atomic E-state index is 14.1. The Kier molecular flexibility index (Phi) is 7.43. The summed E-state index contributed by atoms with van der Waals surface area (Å²) in [6.07, 6.45) is 1.25. The predicted molar refractivity (Wildman–Crippen MR) is 121 cm³/mol. The van der Waals surface area contributed by atoms with Gasteiger partial charge in [-0.3, -0.25) is 9.98 Å². The van der Waals surface area contributed by atoms with Gasteiger partial charge in [0.15, 0.2) is 17.5 Å². The van der Waals surface area contributed by atoms with Crippen LogP contribution in [0.15, 0.2) is 58.7 Å². The number of hydrogen-bond donors (Lipinski definition) is 2. The minimum atomic E-state index is -4.50. The first-order valence-electron chi connectivity index (χ1n) is 10.3. The highest BCUT2D eigenvalue weighted by molar-refractivity contribution is 6.51. The fourth-order valence-corrected chi connectivity index (χ4v) is 2.78. The molecule has 1 aromatic carbocycles. The van der Waals surface area contributed by atoms with E-state index in [1.807, 2.05) is 0 Å². The topological polar surface area (TPSA) is 88.5 Å². The van der Waals surface area contributed by atoms with E-state index in [0.717, 1.165) is 20.0 Å². The van der Waals surface area contributed by atoms with E-state index in [-0.39, 0.29) is 18.1 Å². The van der Waals surface area contributed by atoms with Crippen LogP contribution >= 0.6 is 0 Å². The lowest BCUT2D eigenvalue weighted by molar-refractivity contribution is -0.206. The largest absolute Gasteiger partial charge is 0.396 e. The van der Waals surface area contributed by atoms with Crippen molar-refractivity contribution in [2.75, 3.05) is 18.4 Å². The van der Waals surface area contributed by atoms with E-state index >= 15 is 0 Å². The van der Waals surface area contributed by atoms with Crippen molar-refractivity contribution in [3.8, 4) is 0 Å². The smallest absolute Gasteiger partial charge is 0.395 e. The van der Waals surface area contributed by atoms with Crippen LogP contribution in [0.4, 0.5) is 27.8 Å². The van der Waals surface area contributed by atoms with E-state index in [4.69, 9.17) is 5.73 Å². The van der Waals surface area contributed by atoms with Gasteiger partial charge < -0.3 is 11.1 Å². The van der Waals surface area contributed by atoms with Gasteiger partial charge in [0, 0.05) is 12.1 Å². The highest BCUT2D eigenvalue weighted by Gasteiger charge is 2.47. The first-order chi connectivity index (χ1) is 16.0. The molecule has 0 amide bonds. The minimum Gasteiger partial charge on any atom is -0.396 e. The highest BCUT2D eigenvalue weighted by atomic mass is 19.4. The van der Waals surface area contributed by atoms with Crippen LogP contribution in [0.25, 0.3) is 5.70 Å². The lowest BCUT2D eigenvalue weighted by Gasteiger charge is -2.28. The number of anilines is 1. The molecule has 0 radical (unpaired) electrons. The van der Waals surface area contributed by atoms with Gasteiger partial charge in [-0.25, -0.2) is 18.7 Å². The Morgan fingerprint density at radius 1 is 1.18 bits per heavy atom. The molecule has 2 heterocycles. The van der Waals surface area contributed by atoms with Gasteiger partial charge in [0.25, 0.3) is 0 Å². The summed E-state index contributed by atoms with van der Waals surface area (Å²) in [6.45, 7) is 1.83. The van der Waals surface area contributed by atoms with Crippen LogP contribution in [0.1, 0.15) is 25.2 Å². The van der Waals surface area contributed by atoms with E-state index in [1.165, 1.54) is 12.1 Å². The van der Waals surface area contributed by atoms with Crippen molar-refractivity contribution in [1.29, 1.82) is 0 Å². The Labute approximate surface area is 193 Å². The van der Waals surface area contributed by atoms with E-state index in [0.29, 0.717) is 23.5 Å². The van der Waals surface area contributed by atoms with Crippen LogP contribution in [-0.4, -0.2) is 40.7 Å². The third-order valence-corrected chi connectivity index (χ3v) is 5.04. The second-order valence-electron chi connectivity index (χ2n) is 8.15. The minimum absolute atomic E-state index is 0.0161. The number of nitrogens with one attached hydrogen (secondary N) is 1. The van der Waals surface area contributed by atoms with Crippen molar-refractivity contribution < 1.29 is 22.0 Å². The Morgan fingerprint density at radius 3 is 2.56 bits per heavy atom. The summed E-state index contributed by atoms with van der Waals surface area (Å²) in [5, 5.41) is 2.38. The maximum Gasteiger partial charge on any atom is 0.395 e. The number of hydrogen-bond acceptors (Lipinski definition) is 6. The molecule has 3 rings (SSSR count). The molecule has 6 nitrogen and oxygen atoms in total. The van der Waals surface area contributed by atoms with Crippen LogP contribution in [0.2, 0.25) is 0 Å². The lowest BCUT2D eigenvalue weighted by Crippen LogP contribution is -2.38. The maximum atomic E-state index is 14.1. The summed E-state index contributed by atoms with van der Waals surface area (Å²) in [5.74, 6) is -1.87. The van der Waals surface area contributed by atoms with Gasteiger partial charge >= 0.3 is 6.18 Å². The van der Waals surface area contributed by atoms with Gasteiger partial charge in [-0.05, 0) is 32.1 Å². The molecule has 0 unspecified atom stereocenters. The van der Waals surface area contributed by atoms with Crippen molar-refractivity contribution in [3.63, 3.8) is 0 Å². The van der Waals surface area contributed by atoms with Crippen molar-refractivity contribution in [3.05, 3.63) is 71.7 Å². The zero-order chi connectivity index (χ0) is 24.9. The molecule has 1 aliphatic heterocycles. The molecule has 0 bridgehead atoms. The third kappa shape index (κ3) is 6.03. The van der Waals surface area contributed by atoms with Crippen LogP contribution in [0.3, 0.4) is 0 Å².